The van der Waals surface area contributed by atoms with E-state index in [1.807, 2.05) is 24.3 Å². The fraction of sp³-hybridized carbons (Fsp3) is 0.385. The van der Waals surface area contributed by atoms with Crippen molar-refractivity contribution in [3.63, 3.8) is 0 Å². The molecule has 0 saturated heterocycles. The van der Waals surface area contributed by atoms with E-state index in [-0.39, 0.29) is 6.10 Å². The van der Waals surface area contributed by atoms with E-state index in [0.717, 1.165) is 17.1 Å². The van der Waals surface area contributed by atoms with Crippen molar-refractivity contribution in [2.45, 2.75) is 20.0 Å². The molecule has 2 N–H and O–H groups in total. The maximum Gasteiger partial charge on any atom is 0.0636 e. The first kappa shape index (κ1) is 13.2. The van der Waals surface area contributed by atoms with Gasteiger partial charge in [-0.2, -0.15) is 0 Å². The Morgan fingerprint density at radius 2 is 2.06 bits per heavy atom. The summed E-state index contributed by atoms with van der Waals surface area (Å²) in [5.74, 6) is 0. The van der Waals surface area contributed by atoms with Gasteiger partial charge in [-0.25, -0.2) is 0 Å². The summed E-state index contributed by atoms with van der Waals surface area (Å²) in [6.07, 6.45) is 1.80. The minimum absolute atomic E-state index is 0.302. The van der Waals surface area contributed by atoms with Gasteiger partial charge in [0, 0.05) is 18.1 Å². The molecule has 0 aromatic heterocycles. The summed E-state index contributed by atoms with van der Waals surface area (Å²) in [6.45, 7) is 5.23. The van der Waals surface area contributed by atoms with Crippen molar-refractivity contribution < 1.29 is 5.11 Å². The fourth-order valence-corrected chi connectivity index (χ4v) is 1.50. The van der Waals surface area contributed by atoms with Crippen molar-refractivity contribution in [1.82, 2.24) is 5.32 Å². The maximum atomic E-state index is 9.09. The zero-order valence-corrected chi connectivity index (χ0v) is 10.5. The molecule has 88 valence electrons. The van der Waals surface area contributed by atoms with Crippen LogP contribution < -0.4 is 5.32 Å². The molecular formula is C13H18ClNO. The summed E-state index contributed by atoms with van der Waals surface area (Å²) in [4.78, 5) is 0. The number of aliphatic hydroxyl groups excluding tert-OH is 1. The molecule has 0 spiro atoms. The molecule has 2 nitrogen and oxygen atoms in total. The molecule has 0 heterocycles. The van der Waals surface area contributed by atoms with E-state index in [0.29, 0.717) is 6.54 Å². The molecule has 1 unspecified atom stereocenters. The quantitative estimate of drug-likeness (QED) is 0.828. The van der Waals surface area contributed by atoms with E-state index in [9.17, 15) is 0 Å². The Bertz CT molecular complexity index is 343. The lowest BCUT2D eigenvalue weighted by atomic mass is 10.1. The number of hydrogen-bond acceptors (Lipinski definition) is 2. The SMILES string of the molecule is C/C(=C\c1ccc(Cl)cc1)CNCC(C)O. The minimum Gasteiger partial charge on any atom is -0.392 e. The van der Waals surface area contributed by atoms with Gasteiger partial charge in [-0.1, -0.05) is 35.4 Å². The van der Waals surface area contributed by atoms with Gasteiger partial charge in [0.25, 0.3) is 0 Å². The second kappa shape index (κ2) is 6.69. The predicted molar refractivity (Wildman–Crippen MR) is 69.7 cm³/mol. The second-order valence-electron chi connectivity index (χ2n) is 4.02. The van der Waals surface area contributed by atoms with E-state index >= 15 is 0 Å². The Hall–Kier alpha value is -0.830. The number of aliphatic hydroxyl groups is 1. The fourth-order valence-electron chi connectivity index (χ4n) is 1.37. The van der Waals surface area contributed by atoms with E-state index in [4.69, 9.17) is 16.7 Å². The van der Waals surface area contributed by atoms with Gasteiger partial charge in [-0.3, -0.25) is 0 Å². The monoisotopic (exact) mass is 239 g/mol. The van der Waals surface area contributed by atoms with Crippen molar-refractivity contribution in [1.29, 1.82) is 0 Å². The Kier molecular flexibility index (Phi) is 5.53. The van der Waals surface area contributed by atoms with Crippen LogP contribution in [0, 0.1) is 0 Å². The minimum atomic E-state index is -0.302. The van der Waals surface area contributed by atoms with Crippen molar-refractivity contribution in [2.24, 2.45) is 0 Å². The van der Waals surface area contributed by atoms with E-state index < -0.39 is 0 Å². The Balaban J connectivity index is 2.46. The van der Waals surface area contributed by atoms with Crippen molar-refractivity contribution in [2.75, 3.05) is 13.1 Å². The van der Waals surface area contributed by atoms with Gasteiger partial charge in [0.15, 0.2) is 0 Å². The lowest BCUT2D eigenvalue weighted by Crippen LogP contribution is -2.25. The molecule has 1 aromatic rings. The van der Waals surface area contributed by atoms with Gasteiger partial charge >= 0.3 is 0 Å². The molecule has 0 aliphatic carbocycles. The van der Waals surface area contributed by atoms with Crippen LogP contribution in [-0.2, 0) is 0 Å². The molecule has 0 saturated carbocycles. The van der Waals surface area contributed by atoms with Crippen LogP contribution in [0.3, 0.4) is 0 Å². The standard InChI is InChI=1S/C13H18ClNO/c1-10(8-15-9-11(2)16)7-12-3-5-13(14)6-4-12/h3-7,11,15-16H,8-9H2,1-2H3/b10-7+. The molecule has 3 heteroatoms. The van der Waals surface area contributed by atoms with Crippen molar-refractivity contribution in [3.05, 3.63) is 40.4 Å². The lowest BCUT2D eigenvalue weighted by molar-refractivity contribution is 0.192. The third kappa shape index (κ3) is 5.31. The molecule has 0 aliphatic heterocycles. The third-order valence-corrected chi connectivity index (χ3v) is 2.38. The molecular weight excluding hydrogens is 222 g/mol. The number of halogens is 1. The first-order valence-electron chi connectivity index (χ1n) is 5.39. The van der Waals surface area contributed by atoms with Crippen LogP contribution in [0.5, 0.6) is 0 Å². The van der Waals surface area contributed by atoms with Crippen LogP contribution in [0.15, 0.2) is 29.8 Å². The number of hydrogen-bond donors (Lipinski definition) is 2. The van der Waals surface area contributed by atoms with E-state index in [1.54, 1.807) is 6.92 Å². The van der Waals surface area contributed by atoms with Gasteiger partial charge in [0.1, 0.15) is 0 Å². The maximum absolute atomic E-state index is 9.09. The average molecular weight is 240 g/mol. The highest BCUT2D eigenvalue weighted by atomic mass is 35.5. The first-order chi connectivity index (χ1) is 7.58. The Labute approximate surface area is 102 Å². The molecule has 0 bridgehead atoms. The van der Waals surface area contributed by atoms with Gasteiger partial charge in [0.2, 0.25) is 0 Å². The van der Waals surface area contributed by atoms with Crippen molar-refractivity contribution >= 4 is 17.7 Å². The molecule has 0 radical (unpaired) electrons. The number of benzene rings is 1. The lowest BCUT2D eigenvalue weighted by Gasteiger charge is -2.07. The van der Waals surface area contributed by atoms with Gasteiger partial charge < -0.3 is 10.4 Å². The average Bonchev–Trinajstić information content (AvgIpc) is 2.21. The molecule has 0 fully saturated rings. The first-order valence-corrected chi connectivity index (χ1v) is 5.77. The summed E-state index contributed by atoms with van der Waals surface area (Å²) in [5.41, 5.74) is 2.36. The van der Waals surface area contributed by atoms with Crippen LogP contribution >= 0.6 is 11.6 Å². The highest BCUT2D eigenvalue weighted by molar-refractivity contribution is 6.30. The zero-order chi connectivity index (χ0) is 12.0. The molecule has 1 atom stereocenters. The van der Waals surface area contributed by atoms with E-state index in [1.165, 1.54) is 5.57 Å². The van der Waals surface area contributed by atoms with Crippen LogP contribution in [-0.4, -0.2) is 24.3 Å². The molecule has 0 amide bonds. The van der Waals surface area contributed by atoms with Crippen LogP contribution in [0.4, 0.5) is 0 Å². The van der Waals surface area contributed by atoms with Gasteiger partial charge in [0.05, 0.1) is 6.10 Å². The summed E-state index contributed by atoms with van der Waals surface area (Å²) >= 11 is 5.81. The van der Waals surface area contributed by atoms with E-state index in [2.05, 4.69) is 18.3 Å². The topological polar surface area (TPSA) is 32.3 Å². The number of nitrogens with one attached hydrogen (secondary N) is 1. The van der Waals surface area contributed by atoms with Crippen LogP contribution in [0.2, 0.25) is 5.02 Å². The van der Waals surface area contributed by atoms with Crippen molar-refractivity contribution in [3.8, 4) is 0 Å². The summed E-state index contributed by atoms with van der Waals surface area (Å²) in [5, 5.41) is 13.0. The second-order valence-corrected chi connectivity index (χ2v) is 4.46. The summed E-state index contributed by atoms with van der Waals surface area (Å²) in [7, 11) is 0. The van der Waals surface area contributed by atoms with Crippen LogP contribution in [0.25, 0.3) is 6.08 Å². The highest BCUT2D eigenvalue weighted by Crippen LogP contribution is 2.12. The number of rotatable bonds is 5. The normalized spacial score (nSPS) is 13.9. The van der Waals surface area contributed by atoms with Crippen LogP contribution in [0.1, 0.15) is 19.4 Å². The Morgan fingerprint density at radius 3 is 2.62 bits per heavy atom. The summed E-state index contributed by atoms with van der Waals surface area (Å²) in [6, 6.07) is 7.73. The molecule has 16 heavy (non-hydrogen) atoms. The highest BCUT2D eigenvalue weighted by Gasteiger charge is 1.95. The smallest absolute Gasteiger partial charge is 0.0636 e. The van der Waals surface area contributed by atoms with Gasteiger partial charge in [-0.15, -0.1) is 0 Å². The largest absolute Gasteiger partial charge is 0.392 e. The molecule has 1 rings (SSSR count). The predicted octanol–water partition coefficient (Wildman–Crippen LogP) is 2.71. The molecule has 1 aromatic carbocycles. The zero-order valence-electron chi connectivity index (χ0n) is 9.70. The van der Waals surface area contributed by atoms with Gasteiger partial charge in [-0.05, 0) is 31.5 Å². The Morgan fingerprint density at radius 1 is 1.44 bits per heavy atom. The summed E-state index contributed by atoms with van der Waals surface area (Å²) < 4.78 is 0. The molecule has 0 aliphatic rings. The third-order valence-electron chi connectivity index (χ3n) is 2.13.